The van der Waals surface area contributed by atoms with Gasteiger partial charge in [-0.25, -0.2) is 0 Å². The van der Waals surface area contributed by atoms with Gasteiger partial charge in [0.15, 0.2) is 0 Å². The van der Waals surface area contributed by atoms with Crippen LogP contribution in [0.15, 0.2) is 0 Å². The molecule has 0 aromatic heterocycles. The number of carbonyl (C=O) groups is 1. The van der Waals surface area contributed by atoms with Crippen molar-refractivity contribution in [3.63, 3.8) is 0 Å². The van der Waals surface area contributed by atoms with E-state index in [4.69, 9.17) is 4.74 Å². The van der Waals surface area contributed by atoms with Crippen LogP contribution in [0.25, 0.3) is 0 Å². The minimum atomic E-state index is 0.0460. The third kappa shape index (κ3) is 1.93. The van der Waals surface area contributed by atoms with E-state index in [1.807, 2.05) is 0 Å². The fraction of sp³-hybridized carbons (Fsp3) is 0.875. The number of rotatable bonds is 3. The quantitative estimate of drug-likeness (QED) is 0.649. The van der Waals surface area contributed by atoms with Crippen molar-refractivity contribution in [1.29, 1.82) is 0 Å². The first kappa shape index (κ1) is 8.53. The fourth-order valence-electron chi connectivity index (χ4n) is 1.13. The molecule has 1 amide bonds. The minimum absolute atomic E-state index is 0.0460. The monoisotopic (exact) mass is 157 g/mol. The number of amides is 1. The molecule has 1 fully saturated rings. The summed E-state index contributed by atoms with van der Waals surface area (Å²) >= 11 is 0. The average Bonchev–Trinajstić information content (AvgIpc) is 1.86. The van der Waals surface area contributed by atoms with Crippen LogP contribution in [-0.2, 0) is 9.53 Å². The maximum absolute atomic E-state index is 10.6. The van der Waals surface area contributed by atoms with E-state index in [1.54, 1.807) is 6.92 Å². The molecular formula is C8H15NO2. The molecular weight excluding hydrogens is 142 g/mol. The van der Waals surface area contributed by atoms with Gasteiger partial charge >= 0.3 is 0 Å². The fourth-order valence-corrected chi connectivity index (χ4v) is 1.13. The molecule has 0 aromatic carbocycles. The molecule has 1 aliphatic rings. The smallest absolute Gasteiger partial charge is 0.216 e. The van der Waals surface area contributed by atoms with E-state index in [0.717, 1.165) is 26.2 Å². The lowest BCUT2D eigenvalue weighted by atomic mass is 9.83. The highest BCUT2D eigenvalue weighted by atomic mass is 16.5. The van der Waals surface area contributed by atoms with Gasteiger partial charge in [0.05, 0.1) is 13.2 Å². The highest BCUT2D eigenvalue weighted by Crippen LogP contribution is 2.29. The van der Waals surface area contributed by atoms with Crippen molar-refractivity contribution in [2.24, 2.45) is 5.41 Å². The topological polar surface area (TPSA) is 38.3 Å². The number of hydrogen-bond acceptors (Lipinski definition) is 2. The van der Waals surface area contributed by atoms with Gasteiger partial charge in [0.1, 0.15) is 0 Å². The molecule has 64 valence electrons. The molecule has 1 saturated heterocycles. The zero-order chi connectivity index (χ0) is 8.32. The van der Waals surface area contributed by atoms with Crippen LogP contribution in [0.5, 0.6) is 0 Å². The van der Waals surface area contributed by atoms with E-state index < -0.39 is 0 Å². The Hall–Kier alpha value is -0.570. The highest BCUT2D eigenvalue weighted by molar-refractivity contribution is 5.72. The molecule has 1 aliphatic heterocycles. The Bertz CT molecular complexity index is 147. The van der Waals surface area contributed by atoms with E-state index in [-0.39, 0.29) is 11.3 Å². The summed E-state index contributed by atoms with van der Waals surface area (Å²) in [4.78, 5) is 10.6. The molecule has 0 atom stereocenters. The summed E-state index contributed by atoms with van der Waals surface area (Å²) in [5.74, 6) is 0.0460. The van der Waals surface area contributed by atoms with E-state index in [9.17, 15) is 4.79 Å². The summed E-state index contributed by atoms with van der Waals surface area (Å²) < 4.78 is 5.11. The molecule has 0 unspecified atom stereocenters. The summed E-state index contributed by atoms with van der Waals surface area (Å²) in [5.41, 5.74) is 0.242. The summed E-state index contributed by atoms with van der Waals surface area (Å²) in [6.45, 7) is 6.03. The SMILES string of the molecule is CCC1(CNC(C)=O)COC1. The molecule has 1 rings (SSSR count). The molecule has 0 saturated carbocycles. The molecule has 3 heteroatoms. The number of ether oxygens (including phenoxy) is 1. The van der Waals surface area contributed by atoms with Crippen LogP contribution >= 0.6 is 0 Å². The predicted octanol–water partition coefficient (Wildman–Crippen LogP) is 0.549. The summed E-state index contributed by atoms with van der Waals surface area (Å²) in [6.07, 6.45) is 1.08. The molecule has 0 aromatic rings. The van der Waals surface area contributed by atoms with Crippen molar-refractivity contribution in [3.05, 3.63) is 0 Å². The van der Waals surface area contributed by atoms with E-state index in [1.165, 1.54) is 0 Å². The standard InChI is InChI=1S/C8H15NO2/c1-3-8(5-11-6-8)4-9-7(2)10/h3-6H2,1-2H3,(H,9,10). The molecule has 0 aliphatic carbocycles. The van der Waals surface area contributed by atoms with Gasteiger partial charge in [-0.05, 0) is 6.42 Å². The van der Waals surface area contributed by atoms with Crippen molar-refractivity contribution in [2.45, 2.75) is 20.3 Å². The van der Waals surface area contributed by atoms with Crippen molar-refractivity contribution < 1.29 is 9.53 Å². The third-order valence-corrected chi connectivity index (χ3v) is 2.28. The van der Waals surface area contributed by atoms with Gasteiger partial charge in [0.2, 0.25) is 5.91 Å². The Morgan fingerprint density at radius 3 is 2.55 bits per heavy atom. The zero-order valence-electron chi connectivity index (χ0n) is 7.14. The van der Waals surface area contributed by atoms with Crippen LogP contribution < -0.4 is 5.32 Å². The summed E-state index contributed by atoms with van der Waals surface area (Å²) in [5, 5.41) is 2.82. The van der Waals surface area contributed by atoms with Crippen LogP contribution in [0.2, 0.25) is 0 Å². The lowest BCUT2D eigenvalue weighted by molar-refractivity contribution is -0.128. The van der Waals surface area contributed by atoms with Crippen LogP contribution in [-0.4, -0.2) is 25.7 Å². The lowest BCUT2D eigenvalue weighted by Crippen LogP contribution is -2.50. The molecule has 1 heterocycles. The van der Waals surface area contributed by atoms with E-state index in [2.05, 4.69) is 12.2 Å². The molecule has 11 heavy (non-hydrogen) atoms. The maximum Gasteiger partial charge on any atom is 0.216 e. The van der Waals surface area contributed by atoms with Crippen LogP contribution in [0.4, 0.5) is 0 Å². The largest absolute Gasteiger partial charge is 0.380 e. The third-order valence-electron chi connectivity index (χ3n) is 2.28. The van der Waals surface area contributed by atoms with Crippen molar-refractivity contribution in [1.82, 2.24) is 5.32 Å². The van der Waals surface area contributed by atoms with Gasteiger partial charge < -0.3 is 10.1 Å². The molecule has 1 N–H and O–H groups in total. The van der Waals surface area contributed by atoms with Crippen LogP contribution in [0.3, 0.4) is 0 Å². The summed E-state index contributed by atoms with van der Waals surface area (Å²) in [7, 11) is 0. The van der Waals surface area contributed by atoms with Gasteiger partial charge in [0, 0.05) is 18.9 Å². The Labute approximate surface area is 67.1 Å². The first-order valence-electron chi connectivity index (χ1n) is 4.01. The van der Waals surface area contributed by atoms with Crippen LogP contribution in [0.1, 0.15) is 20.3 Å². The second kappa shape index (κ2) is 3.22. The van der Waals surface area contributed by atoms with Gasteiger partial charge in [-0.1, -0.05) is 6.92 Å². The van der Waals surface area contributed by atoms with E-state index in [0.29, 0.717) is 0 Å². The molecule has 3 nitrogen and oxygen atoms in total. The van der Waals surface area contributed by atoms with Crippen LogP contribution in [0, 0.1) is 5.41 Å². The Morgan fingerprint density at radius 1 is 1.64 bits per heavy atom. The van der Waals surface area contributed by atoms with Gasteiger partial charge in [-0.15, -0.1) is 0 Å². The first-order valence-corrected chi connectivity index (χ1v) is 4.01. The molecule has 0 radical (unpaired) electrons. The van der Waals surface area contributed by atoms with Crippen molar-refractivity contribution in [2.75, 3.05) is 19.8 Å². The number of nitrogens with one attached hydrogen (secondary N) is 1. The van der Waals surface area contributed by atoms with Gasteiger partial charge in [-0.2, -0.15) is 0 Å². The van der Waals surface area contributed by atoms with E-state index >= 15 is 0 Å². The Morgan fingerprint density at radius 2 is 2.27 bits per heavy atom. The Kier molecular flexibility index (Phi) is 2.49. The zero-order valence-corrected chi connectivity index (χ0v) is 7.14. The normalized spacial score (nSPS) is 20.5. The second-order valence-corrected chi connectivity index (χ2v) is 3.26. The summed E-state index contributed by atoms with van der Waals surface area (Å²) in [6, 6.07) is 0. The minimum Gasteiger partial charge on any atom is -0.380 e. The lowest BCUT2D eigenvalue weighted by Gasteiger charge is -2.40. The highest BCUT2D eigenvalue weighted by Gasteiger charge is 2.36. The van der Waals surface area contributed by atoms with Gasteiger partial charge in [0.25, 0.3) is 0 Å². The molecule has 0 spiro atoms. The molecule has 0 bridgehead atoms. The first-order chi connectivity index (χ1) is 5.18. The maximum atomic E-state index is 10.6. The predicted molar refractivity (Wildman–Crippen MR) is 42.2 cm³/mol. The average molecular weight is 157 g/mol. The van der Waals surface area contributed by atoms with Crippen molar-refractivity contribution >= 4 is 5.91 Å². The number of carbonyl (C=O) groups excluding carboxylic acids is 1. The Balaban J connectivity index is 2.27. The number of hydrogen-bond donors (Lipinski definition) is 1. The van der Waals surface area contributed by atoms with Crippen molar-refractivity contribution in [3.8, 4) is 0 Å². The van der Waals surface area contributed by atoms with Gasteiger partial charge in [-0.3, -0.25) is 4.79 Å². The second-order valence-electron chi connectivity index (χ2n) is 3.26.